The zero-order valence-corrected chi connectivity index (χ0v) is 14.6. The van der Waals surface area contributed by atoms with Crippen molar-refractivity contribution < 1.29 is 9.84 Å². The van der Waals surface area contributed by atoms with Gasteiger partial charge < -0.3 is 15.2 Å². The summed E-state index contributed by atoms with van der Waals surface area (Å²) in [5.74, 6) is 0. The Balaban J connectivity index is 1.86. The van der Waals surface area contributed by atoms with E-state index in [1.165, 1.54) is 0 Å². The van der Waals surface area contributed by atoms with E-state index in [-0.39, 0.29) is 5.54 Å². The molecule has 1 aliphatic heterocycles. The molecule has 1 unspecified atom stereocenters. The molecule has 0 aromatic heterocycles. The van der Waals surface area contributed by atoms with E-state index in [4.69, 9.17) is 27.9 Å². The van der Waals surface area contributed by atoms with Gasteiger partial charge in [-0.1, -0.05) is 29.3 Å². The van der Waals surface area contributed by atoms with Gasteiger partial charge in [-0.25, -0.2) is 0 Å². The van der Waals surface area contributed by atoms with Crippen LogP contribution in [0, 0.1) is 0 Å². The molecule has 2 N–H and O–H groups in total. The van der Waals surface area contributed by atoms with E-state index in [2.05, 4.69) is 24.1 Å². The first-order valence-electron chi connectivity index (χ1n) is 7.57. The topological polar surface area (TPSA) is 44.7 Å². The second kappa shape index (κ2) is 7.95. The Kier molecular flexibility index (Phi) is 6.50. The van der Waals surface area contributed by atoms with Crippen LogP contribution in [-0.4, -0.2) is 55.5 Å². The first-order valence-corrected chi connectivity index (χ1v) is 8.33. The van der Waals surface area contributed by atoms with Crippen LogP contribution in [0.1, 0.15) is 19.4 Å². The average Bonchev–Trinajstić information content (AvgIpc) is 2.49. The molecule has 1 aliphatic rings. The number of halogens is 2. The molecule has 1 aromatic carbocycles. The van der Waals surface area contributed by atoms with Crippen molar-refractivity contribution >= 4 is 23.2 Å². The van der Waals surface area contributed by atoms with E-state index >= 15 is 0 Å². The van der Waals surface area contributed by atoms with Crippen LogP contribution in [0.2, 0.25) is 10.0 Å². The quantitative estimate of drug-likeness (QED) is 0.830. The van der Waals surface area contributed by atoms with Crippen LogP contribution < -0.4 is 5.32 Å². The van der Waals surface area contributed by atoms with Crippen LogP contribution in [0.25, 0.3) is 0 Å². The fourth-order valence-corrected chi connectivity index (χ4v) is 2.80. The van der Waals surface area contributed by atoms with Gasteiger partial charge in [0.25, 0.3) is 0 Å². The molecule has 1 fully saturated rings. The van der Waals surface area contributed by atoms with Gasteiger partial charge in [-0.05, 0) is 31.5 Å². The highest BCUT2D eigenvalue weighted by Gasteiger charge is 2.23. The average molecular weight is 347 g/mol. The first-order chi connectivity index (χ1) is 10.4. The fourth-order valence-electron chi connectivity index (χ4n) is 2.51. The van der Waals surface area contributed by atoms with Crippen molar-refractivity contribution in [1.82, 2.24) is 10.2 Å². The lowest BCUT2D eigenvalue weighted by Gasteiger charge is -2.32. The maximum atomic E-state index is 10.2. The number of hydrogen-bond donors (Lipinski definition) is 2. The van der Waals surface area contributed by atoms with Crippen LogP contribution in [0.15, 0.2) is 18.2 Å². The number of nitrogens with zero attached hydrogens (tertiary/aromatic N) is 1. The minimum Gasteiger partial charge on any atom is -0.390 e. The summed E-state index contributed by atoms with van der Waals surface area (Å²) >= 11 is 12.0. The molecule has 0 radical (unpaired) electrons. The lowest BCUT2D eigenvalue weighted by molar-refractivity contribution is 0.0137. The molecule has 124 valence electrons. The number of aliphatic hydroxyl groups is 1. The second-order valence-electron chi connectivity index (χ2n) is 6.20. The summed E-state index contributed by atoms with van der Waals surface area (Å²) in [6.45, 7) is 8.56. The Morgan fingerprint density at radius 3 is 2.59 bits per heavy atom. The standard InChI is InChI=1S/C16H24Cl2N2O2/c1-16(2,12-3-4-14(17)15(18)9-12)19-10-13(21)11-20-5-7-22-8-6-20/h3-4,9,13,19,21H,5-8,10-11H2,1-2H3. The smallest absolute Gasteiger partial charge is 0.0791 e. The van der Waals surface area contributed by atoms with E-state index < -0.39 is 6.10 Å². The number of ether oxygens (including phenoxy) is 1. The summed E-state index contributed by atoms with van der Waals surface area (Å²) in [6, 6.07) is 5.62. The van der Waals surface area contributed by atoms with Gasteiger partial charge in [-0.2, -0.15) is 0 Å². The molecule has 4 nitrogen and oxygen atoms in total. The monoisotopic (exact) mass is 346 g/mol. The van der Waals surface area contributed by atoms with Crippen molar-refractivity contribution in [2.24, 2.45) is 0 Å². The highest BCUT2D eigenvalue weighted by molar-refractivity contribution is 6.42. The minimum atomic E-state index is -0.417. The van der Waals surface area contributed by atoms with E-state index in [0.29, 0.717) is 23.1 Å². The van der Waals surface area contributed by atoms with E-state index in [9.17, 15) is 5.11 Å². The molecule has 2 rings (SSSR count). The Labute approximate surface area is 142 Å². The second-order valence-corrected chi connectivity index (χ2v) is 7.02. The SMILES string of the molecule is CC(C)(NCC(O)CN1CCOCC1)c1ccc(Cl)c(Cl)c1. The van der Waals surface area contributed by atoms with Gasteiger partial charge in [-0.3, -0.25) is 4.90 Å². The van der Waals surface area contributed by atoms with Crippen molar-refractivity contribution in [3.05, 3.63) is 33.8 Å². The first kappa shape index (κ1) is 18.0. The number of nitrogens with one attached hydrogen (secondary N) is 1. The number of morpholine rings is 1. The highest BCUT2D eigenvalue weighted by atomic mass is 35.5. The van der Waals surface area contributed by atoms with Crippen LogP contribution in [0.4, 0.5) is 0 Å². The molecule has 22 heavy (non-hydrogen) atoms. The Hall–Kier alpha value is -0.360. The lowest BCUT2D eigenvalue weighted by atomic mass is 9.94. The summed E-state index contributed by atoms with van der Waals surface area (Å²) in [5, 5.41) is 14.7. The van der Waals surface area contributed by atoms with Crippen LogP contribution >= 0.6 is 23.2 Å². The molecule has 0 saturated carbocycles. The summed E-state index contributed by atoms with van der Waals surface area (Å²) in [7, 11) is 0. The largest absolute Gasteiger partial charge is 0.390 e. The third kappa shape index (κ3) is 5.08. The Morgan fingerprint density at radius 2 is 1.95 bits per heavy atom. The van der Waals surface area contributed by atoms with Gasteiger partial charge >= 0.3 is 0 Å². The van der Waals surface area contributed by atoms with Crippen LogP contribution in [0.3, 0.4) is 0 Å². The molecule has 1 aromatic rings. The number of aliphatic hydroxyl groups excluding tert-OH is 1. The fraction of sp³-hybridized carbons (Fsp3) is 0.625. The number of benzene rings is 1. The van der Waals surface area contributed by atoms with E-state index in [1.807, 2.05) is 12.1 Å². The molecular weight excluding hydrogens is 323 g/mol. The minimum absolute atomic E-state index is 0.291. The Bertz CT molecular complexity index is 491. The predicted molar refractivity (Wildman–Crippen MR) is 90.8 cm³/mol. The molecule has 0 spiro atoms. The van der Waals surface area contributed by atoms with Crippen molar-refractivity contribution in [1.29, 1.82) is 0 Å². The third-order valence-corrected chi connectivity index (χ3v) is 4.73. The third-order valence-electron chi connectivity index (χ3n) is 3.99. The van der Waals surface area contributed by atoms with Gasteiger partial charge in [0.1, 0.15) is 0 Å². The van der Waals surface area contributed by atoms with Gasteiger partial charge in [0.15, 0.2) is 0 Å². The molecule has 1 saturated heterocycles. The normalized spacial score (nSPS) is 18.4. The summed E-state index contributed by atoms with van der Waals surface area (Å²) in [4.78, 5) is 2.22. The number of rotatable bonds is 6. The van der Waals surface area contributed by atoms with E-state index in [0.717, 1.165) is 31.9 Å². The van der Waals surface area contributed by atoms with Crippen molar-refractivity contribution in [3.63, 3.8) is 0 Å². The molecule has 1 heterocycles. The lowest BCUT2D eigenvalue weighted by Crippen LogP contribution is -2.47. The molecule has 6 heteroatoms. The van der Waals surface area contributed by atoms with Gasteiger partial charge in [0.2, 0.25) is 0 Å². The molecule has 0 aliphatic carbocycles. The number of β-amino-alcohol motifs (C(OH)–C–C–N with tert-alkyl or cyclic N) is 1. The predicted octanol–water partition coefficient (Wildman–Crippen LogP) is 2.51. The maximum Gasteiger partial charge on any atom is 0.0791 e. The van der Waals surface area contributed by atoms with Crippen LogP contribution in [-0.2, 0) is 10.3 Å². The maximum absolute atomic E-state index is 10.2. The molecule has 0 bridgehead atoms. The molecule has 1 atom stereocenters. The van der Waals surface area contributed by atoms with Gasteiger partial charge in [-0.15, -0.1) is 0 Å². The summed E-state index contributed by atoms with van der Waals surface area (Å²) in [5.41, 5.74) is 0.751. The summed E-state index contributed by atoms with van der Waals surface area (Å²) in [6.07, 6.45) is -0.417. The zero-order valence-electron chi connectivity index (χ0n) is 13.1. The highest BCUT2D eigenvalue weighted by Crippen LogP contribution is 2.28. The van der Waals surface area contributed by atoms with Gasteiger partial charge in [0, 0.05) is 31.7 Å². The van der Waals surface area contributed by atoms with Crippen molar-refractivity contribution in [2.75, 3.05) is 39.4 Å². The van der Waals surface area contributed by atoms with Gasteiger partial charge in [0.05, 0.1) is 29.4 Å². The molecule has 0 amide bonds. The summed E-state index contributed by atoms with van der Waals surface area (Å²) < 4.78 is 5.31. The van der Waals surface area contributed by atoms with Crippen molar-refractivity contribution in [2.45, 2.75) is 25.5 Å². The zero-order chi connectivity index (χ0) is 16.2. The van der Waals surface area contributed by atoms with E-state index in [1.54, 1.807) is 6.07 Å². The Morgan fingerprint density at radius 1 is 1.27 bits per heavy atom. The number of hydrogen-bond acceptors (Lipinski definition) is 4. The molecular formula is C16H24Cl2N2O2. The van der Waals surface area contributed by atoms with Crippen molar-refractivity contribution in [3.8, 4) is 0 Å². The van der Waals surface area contributed by atoms with Crippen LogP contribution in [0.5, 0.6) is 0 Å².